The number of nitrogens with zero attached hydrogens (tertiary/aromatic N) is 4. The Morgan fingerprint density at radius 2 is 1.95 bits per heavy atom. The van der Waals surface area contributed by atoms with Crippen LogP contribution in [0, 0.1) is 18.7 Å². The molecular weight excluding hydrogens is 483 g/mol. The van der Waals surface area contributed by atoms with Crippen molar-refractivity contribution in [1.29, 1.82) is 0 Å². The Balaban J connectivity index is 1.72. The van der Waals surface area contributed by atoms with Crippen LogP contribution in [0.3, 0.4) is 0 Å². The maximum atomic E-state index is 14.3. The van der Waals surface area contributed by atoms with Crippen LogP contribution >= 0.6 is 0 Å². The first-order valence-electron chi connectivity index (χ1n) is 13.3. The van der Waals surface area contributed by atoms with Gasteiger partial charge in [-0.2, -0.15) is 0 Å². The van der Waals surface area contributed by atoms with Crippen LogP contribution in [-0.2, 0) is 11.2 Å². The van der Waals surface area contributed by atoms with E-state index in [4.69, 9.17) is 4.74 Å². The molecule has 0 N–H and O–H groups in total. The Hall–Kier alpha value is -3.42. The van der Waals surface area contributed by atoms with Crippen molar-refractivity contribution in [2.45, 2.75) is 79.0 Å². The van der Waals surface area contributed by atoms with Crippen LogP contribution in [-0.4, -0.2) is 62.6 Å². The fraction of sp³-hybridized carbons (Fsp3) is 0.500. The maximum Gasteiger partial charge on any atom is 0.410 e. The molecule has 0 spiro atoms. The summed E-state index contributed by atoms with van der Waals surface area (Å²) in [5.74, 6) is -0.441. The number of carbonyl (C=O) groups is 2. The van der Waals surface area contributed by atoms with Crippen LogP contribution < -0.4 is 0 Å². The second kappa shape index (κ2) is 10.4. The highest BCUT2D eigenvalue weighted by Crippen LogP contribution is 2.34. The zero-order chi connectivity index (χ0) is 27.9. The van der Waals surface area contributed by atoms with Gasteiger partial charge in [-0.25, -0.2) is 9.18 Å². The lowest BCUT2D eigenvalue weighted by atomic mass is 9.96. The summed E-state index contributed by atoms with van der Waals surface area (Å²) in [6, 6.07) is 4.40. The molecule has 1 aromatic carbocycles. The van der Waals surface area contributed by atoms with Gasteiger partial charge in [0, 0.05) is 43.5 Å². The smallest absolute Gasteiger partial charge is 0.410 e. The second-order valence-corrected chi connectivity index (χ2v) is 11.8. The van der Waals surface area contributed by atoms with E-state index in [-0.39, 0.29) is 30.0 Å². The number of amides is 2. The molecule has 0 aliphatic carbocycles. The highest BCUT2D eigenvalue weighted by Gasteiger charge is 2.35. The van der Waals surface area contributed by atoms with Gasteiger partial charge in [-0.1, -0.05) is 0 Å². The monoisotopic (exact) mass is 522 g/mol. The van der Waals surface area contributed by atoms with E-state index in [1.54, 1.807) is 24.2 Å². The molecule has 1 aliphatic heterocycles. The minimum absolute atomic E-state index is 0.0308. The highest BCUT2D eigenvalue weighted by atomic mass is 19.1. The Labute approximate surface area is 224 Å². The Bertz CT molecular complexity index is 1360. The zero-order valence-electron chi connectivity index (χ0n) is 23.7. The number of rotatable bonds is 5. The molecule has 1 aliphatic rings. The molecule has 4 rings (SSSR count). The molecule has 0 radical (unpaired) electrons. The molecule has 3 heterocycles. The number of likely N-dealkylation sites (tertiary alicyclic amines) is 1. The van der Waals surface area contributed by atoms with Gasteiger partial charge >= 0.3 is 6.09 Å². The topological polar surface area (TPSA) is 67.7 Å². The maximum absolute atomic E-state index is 14.3. The minimum Gasteiger partial charge on any atom is -0.444 e. The average Bonchev–Trinajstić information content (AvgIpc) is 3.38. The number of aryl methyl sites for hydroxylation is 1. The summed E-state index contributed by atoms with van der Waals surface area (Å²) in [4.78, 5) is 34.0. The lowest BCUT2D eigenvalue weighted by Crippen LogP contribution is -2.38. The van der Waals surface area contributed by atoms with Gasteiger partial charge in [0.15, 0.2) is 0 Å². The molecule has 1 saturated heterocycles. The highest BCUT2D eigenvalue weighted by molar-refractivity contribution is 5.99. The number of hydrogen-bond acceptors (Lipinski definition) is 4. The van der Waals surface area contributed by atoms with Crippen LogP contribution in [0.5, 0.6) is 0 Å². The van der Waals surface area contributed by atoms with Crippen LogP contribution in [0.2, 0.25) is 0 Å². The molecule has 3 aromatic rings. The number of pyridine rings is 1. The van der Waals surface area contributed by atoms with Gasteiger partial charge in [-0.3, -0.25) is 9.78 Å². The Morgan fingerprint density at radius 3 is 2.61 bits per heavy atom. The SMILES string of the molecule is Cc1cncc2c1c(C[C@@H]1C[C@H](C)N(C(=O)OC(C)(C)C)C1)cn2-c1ccc(F)cc1C(=O)N(C)C(C)C. The lowest BCUT2D eigenvalue weighted by molar-refractivity contribution is 0.0233. The molecule has 2 atom stereocenters. The first-order chi connectivity index (χ1) is 17.8. The largest absolute Gasteiger partial charge is 0.444 e. The van der Waals surface area contributed by atoms with Crippen molar-refractivity contribution in [2.75, 3.05) is 13.6 Å². The van der Waals surface area contributed by atoms with E-state index in [0.717, 1.165) is 34.9 Å². The molecule has 1 fully saturated rings. The van der Waals surface area contributed by atoms with E-state index in [2.05, 4.69) is 11.9 Å². The van der Waals surface area contributed by atoms with E-state index in [9.17, 15) is 14.0 Å². The second-order valence-electron chi connectivity index (χ2n) is 11.8. The van der Waals surface area contributed by atoms with Crippen LogP contribution in [0.15, 0.2) is 36.8 Å². The van der Waals surface area contributed by atoms with E-state index in [1.165, 1.54) is 12.1 Å². The average molecular weight is 523 g/mol. The van der Waals surface area contributed by atoms with Crippen LogP contribution in [0.25, 0.3) is 16.6 Å². The molecule has 0 unspecified atom stereocenters. The normalized spacial score (nSPS) is 17.9. The number of benzene rings is 1. The van der Waals surface area contributed by atoms with Gasteiger partial charge in [0.05, 0.1) is 23.0 Å². The minimum atomic E-state index is -0.541. The first kappa shape index (κ1) is 27.6. The number of fused-ring (bicyclic) bond motifs is 1. The summed E-state index contributed by atoms with van der Waals surface area (Å²) in [5, 5.41) is 1.07. The molecule has 7 nitrogen and oxygen atoms in total. The zero-order valence-corrected chi connectivity index (χ0v) is 23.7. The predicted molar refractivity (Wildman–Crippen MR) is 147 cm³/mol. The Morgan fingerprint density at radius 1 is 1.24 bits per heavy atom. The van der Waals surface area contributed by atoms with Crippen LogP contribution in [0.1, 0.15) is 69.4 Å². The van der Waals surface area contributed by atoms with Gasteiger partial charge in [-0.15, -0.1) is 0 Å². The summed E-state index contributed by atoms with van der Waals surface area (Å²) >= 11 is 0. The van der Waals surface area contributed by atoms with E-state index < -0.39 is 11.4 Å². The fourth-order valence-electron chi connectivity index (χ4n) is 5.29. The Kier molecular flexibility index (Phi) is 7.55. The summed E-state index contributed by atoms with van der Waals surface area (Å²) in [7, 11) is 1.73. The van der Waals surface area contributed by atoms with E-state index in [1.807, 2.05) is 63.4 Å². The van der Waals surface area contributed by atoms with Crippen molar-refractivity contribution in [3.05, 3.63) is 59.3 Å². The van der Waals surface area contributed by atoms with Gasteiger partial charge in [0.1, 0.15) is 11.4 Å². The quantitative estimate of drug-likeness (QED) is 0.404. The fourth-order valence-corrected chi connectivity index (χ4v) is 5.29. The lowest BCUT2D eigenvalue weighted by Gasteiger charge is -2.27. The van der Waals surface area contributed by atoms with Crippen molar-refractivity contribution >= 4 is 22.9 Å². The molecule has 8 heteroatoms. The van der Waals surface area contributed by atoms with E-state index in [0.29, 0.717) is 17.8 Å². The van der Waals surface area contributed by atoms with E-state index >= 15 is 0 Å². The third-order valence-electron chi connectivity index (χ3n) is 7.32. The number of hydrogen-bond donors (Lipinski definition) is 0. The van der Waals surface area contributed by atoms with Crippen LogP contribution in [0.4, 0.5) is 9.18 Å². The molecule has 2 aromatic heterocycles. The number of aromatic nitrogens is 2. The van der Waals surface area contributed by atoms with Crippen molar-refractivity contribution in [3.63, 3.8) is 0 Å². The number of halogens is 1. The van der Waals surface area contributed by atoms with Gasteiger partial charge in [-0.05, 0) is 96.6 Å². The van der Waals surface area contributed by atoms with Gasteiger partial charge < -0.3 is 19.1 Å². The number of carbonyl (C=O) groups excluding carboxylic acids is 2. The molecule has 0 bridgehead atoms. The summed E-state index contributed by atoms with van der Waals surface area (Å²) in [6.07, 6.45) is 7.02. The first-order valence-corrected chi connectivity index (χ1v) is 13.3. The van der Waals surface area contributed by atoms with Crippen molar-refractivity contribution in [3.8, 4) is 5.69 Å². The molecular formula is C30H39FN4O3. The number of ether oxygens (including phenoxy) is 1. The molecule has 38 heavy (non-hydrogen) atoms. The summed E-state index contributed by atoms with van der Waals surface area (Å²) in [5.41, 5.74) is 3.38. The van der Waals surface area contributed by atoms with Crippen molar-refractivity contribution < 1.29 is 18.7 Å². The van der Waals surface area contributed by atoms with Crippen molar-refractivity contribution in [2.24, 2.45) is 5.92 Å². The standard InChI is InChI=1S/C30H39FN4O3/c1-18(2)33(8)28(36)24-13-23(31)9-10-25(24)35-17-22(27-19(3)14-32-15-26(27)35)12-21-11-20(4)34(16-21)29(37)38-30(5,6)7/h9-10,13-15,17-18,20-21H,11-12,16H2,1-8H3/t20-,21-/m0/s1. The molecule has 204 valence electrons. The molecule has 2 amide bonds. The summed E-state index contributed by atoms with van der Waals surface area (Å²) < 4.78 is 21.9. The molecule has 0 saturated carbocycles. The van der Waals surface area contributed by atoms with Gasteiger partial charge in [0.2, 0.25) is 0 Å². The van der Waals surface area contributed by atoms with Gasteiger partial charge in [0.25, 0.3) is 5.91 Å². The third-order valence-corrected chi connectivity index (χ3v) is 7.32. The third kappa shape index (κ3) is 5.54. The summed E-state index contributed by atoms with van der Waals surface area (Å²) in [6.45, 7) is 14.2. The van der Waals surface area contributed by atoms with Crippen molar-refractivity contribution in [1.82, 2.24) is 19.4 Å². The predicted octanol–water partition coefficient (Wildman–Crippen LogP) is 6.14.